The van der Waals surface area contributed by atoms with Crippen molar-refractivity contribution in [3.8, 4) is 0 Å². The van der Waals surface area contributed by atoms with Crippen molar-refractivity contribution in [3.05, 3.63) is 35.1 Å². The second-order valence-corrected chi connectivity index (χ2v) is 6.48. The lowest BCUT2D eigenvalue weighted by atomic mass is 9.93. The molecule has 0 aromatic heterocycles. The van der Waals surface area contributed by atoms with E-state index in [1.807, 2.05) is 17.8 Å². The molecule has 1 fully saturated rings. The predicted octanol–water partition coefficient (Wildman–Crippen LogP) is 3.64. The van der Waals surface area contributed by atoms with Crippen LogP contribution in [0.1, 0.15) is 36.8 Å². The molecule has 19 heavy (non-hydrogen) atoms. The first-order valence-electron chi connectivity index (χ1n) is 6.87. The Morgan fingerprint density at radius 2 is 2.11 bits per heavy atom. The monoisotopic (exact) mass is 278 g/mol. The van der Waals surface area contributed by atoms with Gasteiger partial charge in [-0.3, -0.25) is 5.41 Å². The van der Waals surface area contributed by atoms with Crippen LogP contribution in [0.15, 0.2) is 18.2 Å². The fraction of sp³-hybridized carbons (Fsp3) is 0.533. The Morgan fingerprint density at radius 3 is 2.89 bits per heavy atom. The minimum Gasteiger partial charge on any atom is -0.348 e. The van der Waals surface area contributed by atoms with E-state index in [-0.39, 0.29) is 5.82 Å². The zero-order chi connectivity index (χ0) is 13.4. The van der Waals surface area contributed by atoms with Gasteiger partial charge >= 0.3 is 0 Å². The highest BCUT2D eigenvalue weighted by molar-refractivity contribution is 7.99. The Hall–Kier alpha value is -1.03. The van der Waals surface area contributed by atoms with E-state index >= 15 is 0 Å². The number of nitrogens with zero attached hydrogens (tertiary/aromatic N) is 1. The van der Waals surface area contributed by atoms with Crippen molar-refractivity contribution < 1.29 is 4.39 Å². The molecule has 2 unspecified atom stereocenters. The maximum absolute atomic E-state index is 13.3. The van der Waals surface area contributed by atoms with Gasteiger partial charge in [0, 0.05) is 23.4 Å². The summed E-state index contributed by atoms with van der Waals surface area (Å²) in [5.41, 5.74) is 1.88. The largest absolute Gasteiger partial charge is 0.348 e. The molecule has 1 heterocycles. The van der Waals surface area contributed by atoms with Crippen molar-refractivity contribution in [2.75, 3.05) is 6.26 Å². The van der Waals surface area contributed by atoms with Gasteiger partial charge < -0.3 is 4.90 Å². The summed E-state index contributed by atoms with van der Waals surface area (Å²) in [6.45, 7) is 0.774. The van der Waals surface area contributed by atoms with Gasteiger partial charge in [-0.2, -0.15) is 11.8 Å². The average molecular weight is 278 g/mol. The molecule has 0 saturated heterocycles. The minimum absolute atomic E-state index is 0.240. The third-order valence-electron chi connectivity index (χ3n) is 4.33. The Kier molecular flexibility index (Phi) is 3.52. The summed E-state index contributed by atoms with van der Waals surface area (Å²) in [6, 6.07) is 5.28. The first kappa shape index (κ1) is 13.0. The first-order chi connectivity index (χ1) is 9.20. The highest BCUT2D eigenvalue weighted by atomic mass is 32.2. The van der Waals surface area contributed by atoms with Crippen LogP contribution in [0.2, 0.25) is 0 Å². The highest BCUT2D eigenvalue weighted by Gasteiger charge is 2.35. The summed E-state index contributed by atoms with van der Waals surface area (Å²) in [5, 5.41) is 8.94. The van der Waals surface area contributed by atoms with E-state index in [2.05, 4.69) is 11.2 Å². The third-order valence-corrected chi connectivity index (χ3v) is 5.48. The summed E-state index contributed by atoms with van der Waals surface area (Å²) in [7, 11) is 0. The molecule has 1 aromatic carbocycles. The number of hydrogen-bond donors (Lipinski definition) is 1. The molecule has 2 aliphatic rings. The van der Waals surface area contributed by atoms with Crippen molar-refractivity contribution in [2.24, 2.45) is 0 Å². The summed E-state index contributed by atoms with van der Waals surface area (Å²) >= 11 is 1.91. The van der Waals surface area contributed by atoms with Crippen molar-refractivity contribution in [1.29, 1.82) is 5.41 Å². The molecule has 0 radical (unpaired) electrons. The second kappa shape index (κ2) is 5.16. The zero-order valence-corrected chi connectivity index (χ0v) is 12.0. The fourth-order valence-electron chi connectivity index (χ4n) is 3.32. The van der Waals surface area contributed by atoms with Crippen molar-refractivity contribution in [2.45, 2.75) is 43.5 Å². The molecule has 2 atom stereocenters. The molecular formula is C15H19FN2S. The van der Waals surface area contributed by atoms with E-state index < -0.39 is 0 Å². The standard InChI is InChI=1S/C15H19FN2S/c1-19-14-5-3-2-4-13(14)18-9-10-6-7-11(16)8-12(10)15(18)17/h6-8,13-14,17H,2-5,9H2,1H3. The van der Waals surface area contributed by atoms with Gasteiger partial charge in [-0.15, -0.1) is 0 Å². The number of thioether (sulfide) groups is 1. The molecule has 1 N–H and O–H groups in total. The summed E-state index contributed by atoms with van der Waals surface area (Å²) in [6.07, 6.45) is 7.10. The van der Waals surface area contributed by atoms with Crippen molar-refractivity contribution >= 4 is 17.6 Å². The van der Waals surface area contributed by atoms with Gasteiger partial charge in [0.05, 0.1) is 0 Å². The Morgan fingerprint density at radius 1 is 1.32 bits per heavy atom. The Labute approximate surface area is 117 Å². The molecule has 1 aliphatic carbocycles. The average Bonchev–Trinajstić information content (AvgIpc) is 2.76. The number of benzene rings is 1. The van der Waals surface area contributed by atoms with Gasteiger partial charge in [0.25, 0.3) is 0 Å². The number of amidine groups is 1. The Balaban J connectivity index is 1.86. The molecule has 1 saturated carbocycles. The van der Waals surface area contributed by atoms with Gasteiger partial charge in [0.2, 0.25) is 0 Å². The number of halogens is 1. The number of fused-ring (bicyclic) bond motifs is 1. The van der Waals surface area contributed by atoms with Crippen LogP contribution in [-0.2, 0) is 6.54 Å². The van der Waals surface area contributed by atoms with E-state index in [4.69, 9.17) is 5.41 Å². The molecule has 4 heteroatoms. The zero-order valence-electron chi connectivity index (χ0n) is 11.2. The van der Waals surface area contributed by atoms with Crippen LogP contribution in [0.5, 0.6) is 0 Å². The normalized spacial score (nSPS) is 26.6. The van der Waals surface area contributed by atoms with E-state index in [9.17, 15) is 4.39 Å². The lowest BCUT2D eigenvalue weighted by molar-refractivity contribution is 0.252. The number of hydrogen-bond acceptors (Lipinski definition) is 2. The SMILES string of the molecule is CSC1CCCCC1N1Cc2ccc(F)cc2C1=N. The van der Waals surface area contributed by atoms with Crippen LogP contribution >= 0.6 is 11.8 Å². The van der Waals surface area contributed by atoms with Crippen LogP contribution in [0.3, 0.4) is 0 Å². The molecule has 0 bridgehead atoms. The van der Waals surface area contributed by atoms with Gasteiger partial charge in [-0.1, -0.05) is 18.9 Å². The number of rotatable bonds is 2. The third kappa shape index (κ3) is 2.27. The van der Waals surface area contributed by atoms with Gasteiger partial charge in [0.15, 0.2) is 0 Å². The minimum atomic E-state index is -0.240. The molecule has 2 nitrogen and oxygen atoms in total. The molecule has 0 spiro atoms. The molecular weight excluding hydrogens is 259 g/mol. The van der Waals surface area contributed by atoms with Gasteiger partial charge in [-0.25, -0.2) is 4.39 Å². The topological polar surface area (TPSA) is 27.1 Å². The lowest BCUT2D eigenvalue weighted by Gasteiger charge is -2.38. The van der Waals surface area contributed by atoms with Crippen LogP contribution in [-0.4, -0.2) is 28.3 Å². The van der Waals surface area contributed by atoms with Crippen LogP contribution in [0.25, 0.3) is 0 Å². The quantitative estimate of drug-likeness (QED) is 0.894. The van der Waals surface area contributed by atoms with Crippen LogP contribution in [0.4, 0.5) is 4.39 Å². The van der Waals surface area contributed by atoms with Gasteiger partial charge in [0.1, 0.15) is 11.7 Å². The summed E-state index contributed by atoms with van der Waals surface area (Å²) in [4.78, 5) is 2.18. The van der Waals surface area contributed by atoms with Crippen LogP contribution in [0, 0.1) is 11.2 Å². The summed E-state index contributed by atoms with van der Waals surface area (Å²) < 4.78 is 13.3. The van der Waals surface area contributed by atoms with E-state index in [0.29, 0.717) is 17.1 Å². The van der Waals surface area contributed by atoms with Crippen molar-refractivity contribution in [3.63, 3.8) is 0 Å². The molecule has 1 aliphatic heterocycles. The van der Waals surface area contributed by atoms with E-state index in [1.54, 1.807) is 0 Å². The maximum atomic E-state index is 13.3. The smallest absolute Gasteiger partial charge is 0.129 e. The molecule has 1 aromatic rings. The summed E-state index contributed by atoms with van der Waals surface area (Å²) in [5.74, 6) is 0.274. The van der Waals surface area contributed by atoms with E-state index in [0.717, 1.165) is 24.1 Å². The maximum Gasteiger partial charge on any atom is 0.129 e. The molecule has 0 amide bonds. The predicted molar refractivity (Wildman–Crippen MR) is 78.3 cm³/mol. The van der Waals surface area contributed by atoms with Crippen molar-refractivity contribution in [1.82, 2.24) is 4.90 Å². The highest BCUT2D eigenvalue weighted by Crippen LogP contribution is 2.35. The first-order valence-corrected chi connectivity index (χ1v) is 8.16. The molecule has 102 valence electrons. The second-order valence-electron chi connectivity index (χ2n) is 5.40. The molecule has 3 rings (SSSR count). The fourth-order valence-corrected chi connectivity index (χ4v) is 4.32. The van der Waals surface area contributed by atoms with Gasteiger partial charge in [-0.05, 0) is 36.8 Å². The lowest BCUT2D eigenvalue weighted by Crippen LogP contribution is -2.44. The Bertz CT molecular complexity index is 503. The van der Waals surface area contributed by atoms with E-state index in [1.165, 1.54) is 31.4 Å². The number of nitrogens with one attached hydrogen (secondary N) is 1. The van der Waals surface area contributed by atoms with Crippen LogP contribution < -0.4 is 0 Å².